The van der Waals surface area contributed by atoms with Gasteiger partial charge in [-0.2, -0.15) is 0 Å². The van der Waals surface area contributed by atoms with Crippen molar-refractivity contribution in [3.05, 3.63) is 0 Å². The molecule has 6 heavy (non-hydrogen) atoms. The van der Waals surface area contributed by atoms with Crippen LogP contribution >= 0.6 is 0 Å². The molecule has 0 fully saturated rings. The van der Waals surface area contributed by atoms with Gasteiger partial charge in [-0.15, -0.1) is 4.67 Å². The SMILES string of the molecule is CC=[N+]=CC.[IH2+]. The molecule has 0 radical (unpaired) electrons. The van der Waals surface area contributed by atoms with Gasteiger partial charge < -0.3 is 0 Å². The lowest BCUT2D eigenvalue weighted by Gasteiger charge is -1.31. The molecule has 0 N–H and O–H groups in total. The summed E-state index contributed by atoms with van der Waals surface area (Å²) in [6, 6.07) is 0. The standard InChI is InChI=1S/C4H8N.H2I/c1-3-5-4-2;/h3-4H,1-2H3;1H2/q2*+1. The van der Waals surface area contributed by atoms with Gasteiger partial charge in [-0.25, -0.2) is 0 Å². The van der Waals surface area contributed by atoms with Crippen LogP contribution in [0.2, 0.25) is 0 Å². The molecule has 2 heteroatoms. The first-order valence-electron chi connectivity index (χ1n) is 1.67. The Bertz CT molecular complexity index is 55.9. The van der Waals surface area contributed by atoms with Crippen LogP contribution in [0.15, 0.2) is 0 Å². The van der Waals surface area contributed by atoms with Crippen LogP contribution in [0.5, 0.6) is 0 Å². The second-order valence-corrected chi connectivity index (χ2v) is 0.665. The van der Waals surface area contributed by atoms with Gasteiger partial charge in [0.25, 0.3) is 12.4 Å². The Kier molecular flexibility index (Phi) is 14.2. The Hall–Kier alpha value is 0.180. The minimum atomic E-state index is 0. The third kappa shape index (κ3) is 8.89. The topological polar surface area (TPSA) is 14.1 Å². The van der Waals surface area contributed by atoms with Crippen LogP contribution in [-0.2, 0) is 0 Å². The van der Waals surface area contributed by atoms with E-state index >= 15 is 0 Å². The Labute approximate surface area is 55.2 Å². The molecule has 0 saturated carbocycles. The van der Waals surface area contributed by atoms with E-state index in [9.17, 15) is 0 Å². The fourth-order valence-electron chi connectivity index (χ4n) is 0.149. The summed E-state index contributed by atoms with van der Waals surface area (Å²) < 4.78 is 3.72. The molecular weight excluding hydrogens is 189 g/mol. The number of rotatable bonds is 0. The Morgan fingerprint density at radius 3 is 1.50 bits per heavy atom. The summed E-state index contributed by atoms with van der Waals surface area (Å²) in [5, 5.41) is 0. The molecule has 0 amide bonds. The first-order valence-corrected chi connectivity index (χ1v) is 1.67. The highest BCUT2D eigenvalue weighted by molar-refractivity contribution is 5.62. The molecule has 0 unspecified atom stereocenters. The van der Waals surface area contributed by atoms with Crippen LogP contribution in [-0.4, -0.2) is 12.4 Å². The highest BCUT2D eigenvalue weighted by Gasteiger charge is 1.54. The van der Waals surface area contributed by atoms with Gasteiger partial charge in [0.1, 0.15) is 0 Å². The van der Waals surface area contributed by atoms with Gasteiger partial charge in [0.05, 0.1) is 0 Å². The molecule has 0 aliphatic carbocycles. The van der Waals surface area contributed by atoms with Gasteiger partial charge in [0, 0.05) is 13.8 Å². The van der Waals surface area contributed by atoms with E-state index < -0.39 is 0 Å². The average Bonchev–Trinajstić information content (AvgIpc) is 1.41. The molecule has 0 heterocycles. The van der Waals surface area contributed by atoms with Crippen molar-refractivity contribution < 1.29 is 24.0 Å². The first kappa shape index (κ1) is 9.49. The highest BCUT2D eigenvalue weighted by atomic mass is 127. The summed E-state index contributed by atoms with van der Waals surface area (Å²) >= 11 is 0. The van der Waals surface area contributed by atoms with E-state index in [1.807, 2.05) is 13.8 Å². The number of hydrogen-bond acceptors (Lipinski definition) is 0. The van der Waals surface area contributed by atoms with Crippen molar-refractivity contribution in [2.45, 2.75) is 13.8 Å². The highest BCUT2D eigenvalue weighted by Crippen LogP contribution is 1.23. The van der Waals surface area contributed by atoms with Gasteiger partial charge >= 0.3 is 0 Å². The molecule has 0 saturated heterocycles. The average molecular weight is 199 g/mol. The van der Waals surface area contributed by atoms with Crippen LogP contribution in [0.25, 0.3) is 0 Å². The van der Waals surface area contributed by atoms with E-state index in [0.717, 1.165) is 0 Å². The zero-order valence-corrected chi connectivity index (χ0v) is 6.60. The molecule has 0 aliphatic rings. The maximum absolute atomic E-state index is 3.72. The molecular formula is C4H10IN+2. The zero-order valence-electron chi connectivity index (χ0n) is 4.05. The molecule has 1 nitrogen and oxygen atoms in total. The number of nitrogens with zero attached hydrogens (tertiary/aromatic N) is 1. The van der Waals surface area contributed by atoms with Crippen molar-refractivity contribution in [3.8, 4) is 0 Å². The van der Waals surface area contributed by atoms with Crippen molar-refractivity contribution in [1.29, 1.82) is 0 Å². The lowest BCUT2D eigenvalue weighted by atomic mass is 10.8. The maximum atomic E-state index is 3.72. The van der Waals surface area contributed by atoms with E-state index in [1.165, 1.54) is 0 Å². The number of hydrogen-bond donors (Lipinski definition) is 0. The van der Waals surface area contributed by atoms with Crippen LogP contribution in [0.4, 0.5) is 0 Å². The fourth-order valence-corrected chi connectivity index (χ4v) is 0.149. The van der Waals surface area contributed by atoms with Gasteiger partial charge in [-0.3, -0.25) is 0 Å². The largest absolute Gasteiger partial charge is 0.265 e. The summed E-state index contributed by atoms with van der Waals surface area (Å²) in [6.07, 6.45) is 3.50. The van der Waals surface area contributed by atoms with Crippen LogP contribution in [0.3, 0.4) is 0 Å². The quantitative estimate of drug-likeness (QED) is 0.220. The van der Waals surface area contributed by atoms with Gasteiger partial charge in [0.15, 0.2) is 0 Å². The Morgan fingerprint density at radius 1 is 1.17 bits per heavy atom. The van der Waals surface area contributed by atoms with Crippen molar-refractivity contribution >= 4 is 12.4 Å². The van der Waals surface area contributed by atoms with Gasteiger partial charge in [-0.05, 0) is 0 Å². The van der Waals surface area contributed by atoms with Crippen molar-refractivity contribution in [3.63, 3.8) is 0 Å². The van der Waals surface area contributed by atoms with E-state index in [0.29, 0.717) is 0 Å². The molecule has 36 valence electrons. The van der Waals surface area contributed by atoms with Crippen LogP contribution in [0, 0.1) is 0 Å². The van der Waals surface area contributed by atoms with Crippen molar-refractivity contribution in [2.24, 2.45) is 0 Å². The minimum absolute atomic E-state index is 0. The minimum Gasteiger partial charge on any atom is -0.111 e. The van der Waals surface area contributed by atoms with Crippen LogP contribution < -0.4 is 28.6 Å². The smallest absolute Gasteiger partial charge is 0.111 e. The molecule has 0 bridgehead atoms. The van der Waals surface area contributed by atoms with Crippen LogP contribution in [0.1, 0.15) is 13.8 Å². The van der Waals surface area contributed by atoms with E-state index in [4.69, 9.17) is 0 Å². The third-order valence-electron chi connectivity index (χ3n) is 0.298. The number of halogens is 1. The van der Waals surface area contributed by atoms with Crippen molar-refractivity contribution in [1.82, 2.24) is 4.67 Å². The molecule has 0 aliphatic heterocycles. The van der Waals surface area contributed by atoms with E-state index in [2.05, 4.69) is 4.67 Å². The van der Waals surface area contributed by atoms with E-state index in [-0.39, 0.29) is 24.0 Å². The summed E-state index contributed by atoms with van der Waals surface area (Å²) in [5.74, 6) is 0. The van der Waals surface area contributed by atoms with E-state index in [1.54, 1.807) is 12.4 Å². The molecule has 0 atom stereocenters. The molecule has 0 aromatic carbocycles. The summed E-state index contributed by atoms with van der Waals surface area (Å²) in [4.78, 5) is 0. The Morgan fingerprint density at radius 2 is 1.50 bits per heavy atom. The summed E-state index contributed by atoms with van der Waals surface area (Å²) in [5.41, 5.74) is 0. The first-order chi connectivity index (χ1) is 2.41. The monoisotopic (exact) mass is 199 g/mol. The molecule has 0 rings (SSSR count). The summed E-state index contributed by atoms with van der Waals surface area (Å²) in [6.45, 7) is 3.78. The predicted molar refractivity (Wildman–Crippen MR) is 28.4 cm³/mol. The van der Waals surface area contributed by atoms with Gasteiger partial charge in [-0.1, -0.05) is 0 Å². The normalized spacial score (nSPS) is 4.33. The second-order valence-electron chi connectivity index (χ2n) is 0.665. The lowest BCUT2D eigenvalue weighted by Crippen LogP contribution is -3.00. The lowest BCUT2D eigenvalue weighted by molar-refractivity contribution is -0.00000130. The molecule has 0 spiro atoms. The fraction of sp³-hybridized carbons (Fsp3) is 0.500. The van der Waals surface area contributed by atoms with Crippen molar-refractivity contribution in [2.75, 3.05) is 0 Å². The molecule has 0 aromatic heterocycles. The predicted octanol–water partition coefficient (Wildman–Crippen LogP) is -3.30. The maximum Gasteiger partial charge on any atom is 0.265 e. The molecule has 0 aromatic rings. The van der Waals surface area contributed by atoms with Gasteiger partial charge in [0.2, 0.25) is 24.0 Å². The third-order valence-corrected chi connectivity index (χ3v) is 0.298. The summed E-state index contributed by atoms with van der Waals surface area (Å²) in [7, 11) is 0. The zero-order chi connectivity index (χ0) is 4.12. The second kappa shape index (κ2) is 8.95. The Balaban J connectivity index is 0.